The lowest BCUT2D eigenvalue weighted by molar-refractivity contribution is 0.0512. The van der Waals surface area contributed by atoms with Gasteiger partial charge in [0.25, 0.3) is 0 Å². The van der Waals surface area contributed by atoms with Gasteiger partial charge in [0.15, 0.2) is 0 Å². The maximum Gasteiger partial charge on any atom is 0.408 e. The fraction of sp³-hybridized carbons (Fsp3) is 0.250. The Hall–Kier alpha value is -2.82. The first-order valence-electron chi connectivity index (χ1n) is 8.15. The second-order valence-corrected chi connectivity index (χ2v) is 6.89. The Morgan fingerprint density at radius 3 is 2.48 bits per heavy atom. The molecule has 5 heteroatoms. The number of fused-ring (bicyclic) bond motifs is 1. The normalized spacial score (nSPS) is 12.8. The van der Waals surface area contributed by atoms with Crippen molar-refractivity contribution in [2.24, 2.45) is 0 Å². The summed E-state index contributed by atoms with van der Waals surface area (Å²) >= 11 is 0. The van der Waals surface area contributed by atoms with Crippen molar-refractivity contribution in [2.75, 3.05) is 0 Å². The number of ether oxygens (including phenoxy) is 1. The van der Waals surface area contributed by atoms with Crippen LogP contribution < -0.4 is 5.32 Å². The van der Waals surface area contributed by atoms with Gasteiger partial charge in [0.05, 0.1) is 6.04 Å². The van der Waals surface area contributed by atoms with E-state index in [0.717, 1.165) is 16.5 Å². The fourth-order valence-corrected chi connectivity index (χ4v) is 2.79. The van der Waals surface area contributed by atoms with Gasteiger partial charge in [-0.15, -0.1) is 0 Å². The third kappa shape index (κ3) is 3.82. The van der Waals surface area contributed by atoms with E-state index in [1.54, 1.807) is 45.2 Å². The van der Waals surface area contributed by atoms with Crippen molar-refractivity contribution in [1.29, 1.82) is 0 Å². The van der Waals surface area contributed by atoms with E-state index in [1.165, 1.54) is 6.07 Å². The number of alkyl carbamates (subject to hydrolysis) is 1. The number of H-pyrrole nitrogens is 1. The largest absolute Gasteiger partial charge is 0.444 e. The molecular formula is C20H21FN2O2. The molecular weight excluding hydrogens is 319 g/mol. The molecule has 3 rings (SSSR count). The summed E-state index contributed by atoms with van der Waals surface area (Å²) in [7, 11) is 0. The molecule has 1 amide bonds. The molecule has 0 aliphatic heterocycles. The lowest BCUT2D eigenvalue weighted by Gasteiger charge is -2.24. The highest BCUT2D eigenvalue weighted by Gasteiger charge is 2.25. The van der Waals surface area contributed by atoms with Crippen LogP contribution in [0.25, 0.3) is 10.9 Å². The van der Waals surface area contributed by atoms with E-state index in [4.69, 9.17) is 4.74 Å². The van der Waals surface area contributed by atoms with Crippen molar-refractivity contribution < 1.29 is 13.9 Å². The minimum absolute atomic E-state index is 0.381. The Morgan fingerprint density at radius 1 is 1.08 bits per heavy atom. The molecule has 0 saturated heterocycles. The van der Waals surface area contributed by atoms with E-state index in [-0.39, 0.29) is 5.82 Å². The minimum atomic E-state index is -0.660. The van der Waals surface area contributed by atoms with Crippen molar-refractivity contribution in [3.05, 3.63) is 71.7 Å². The number of rotatable bonds is 3. The molecule has 0 fully saturated rings. The molecule has 0 unspecified atom stereocenters. The van der Waals surface area contributed by atoms with Crippen LogP contribution in [0.3, 0.4) is 0 Å². The Balaban J connectivity index is 2.04. The molecule has 4 nitrogen and oxygen atoms in total. The predicted octanol–water partition coefficient (Wildman–Crippen LogP) is 4.92. The van der Waals surface area contributed by atoms with E-state index >= 15 is 0 Å². The minimum Gasteiger partial charge on any atom is -0.444 e. The van der Waals surface area contributed by atoms with E-state index in [0.29, 0.717) is 5.56 Å². The van der Waals surface area contributed by atoms with E-state index in [2.05, 4.69) is 10.3 Å². The highest BCUT2D eigenvalue weighted by molar-refractivity contribution is 5.84. The zero-order valence-corrected chi connectivity index (χ0v) is 14.5. The third-order valence-electron chi connectivity index (χ3n) is 3.81. The van der Waals surface area contributed by atoms with Gasteiger partial charge in [-0.1, -0.05) is 36.4 Å². The summed E-state index contributed by atoms with van der Waals surface area (Å²) < 4.78 is 19.8. The highest BCUT2D eigenvalue weighted by Crippen LogP contribution is 2.30. The van der Waals surface area contributed by atoms with Crippen molar-refractivity contribution in [1.82, 2.24) is 10.3 Å². The van der Waals surface area contributed by atoms with Crippen molar-refractivity contribution >= 4 is 17.0 Å². The van der Waals surface area contributed by atoms with Gasteiger partial charge in [-0.2, -0.15) is 0 Å². The number of benzene rings is 2. The number of amides is 1. The number of nitrogens with one attached hydrogen (secondary N) is 2. The standard InChI is InChI=1S/C20H21FN2O2/c1-20(2,3)25-19(24)23-18(14-9-4-6-10-16(14)21)15-12-22-17-11-7-5-8-13(15)17/h4-12,18,22H,1-3H3,(H,23,24)/t18-/m0/s1. The van der Waals surface area contributed by atoms with E-state index in [1.807, 2.05) is 24.3 Å². The van der Waals surface area contributed by atoms with Gasteiger partial charge in [-0.05, 0) is 32.9 Å². The summed E-state index contributed by atoms with van der Waals surface area (Å²) in [5.74, 6) is -0.381. The number of hydrogen-bond donors (Lipinski definition) is 2. The molecule has 2 aromatic carbocycles. The first-order valence-corrected chi connectivity index (χ1v) is 8.15. The van der Waals surface area contributed by atoms with Crippen LogP contribution in [0, 0.1) is 5.82 Å². The first kappa shape index (κ1) is 17.0. The molecule has 3 aromatic rings. The SMILES string of the molecule is CC(C)(C)OC(=O)N[C@@H](c1ccccc1F)c1c[nH]c2ccccc12. The van der Waals surface area contributed by atoms with Crippen LogP contribution in [0.2, 0.25) is 0 Å². The molecule has 2 N–H and O–H groups in total. The Kier molecular flexibility index (Phi) is 4.49. The molecule has 0 saturated carbocycles. The van der Waals surface area contributed by atoms with Gasteiger partial charge in [0.1, 0.15) is 11.4 Å². The maximum atomic E-state index is 14.4. The second kappa shape index (κ2) is 6.59. The monoisotopic (exact) mass is 340 g/mol. The highest BCUT2D eigenvalue weighted by atomic mass is 19.1. The summed E-state index contributed by atoms with van der Waals surface area (Å²) in [5.41, 5.74) is 1.46. The molecule has 1 aromatic heterocycles. The van der Waals surface area contributed by atoms with Crippen molar-refractivity contribution in [2.45, 2.75) is 32.4 Å². The van der Waals surface area contributed by atoms with Gasteiger partial charge in [-0.25, -0.2) is 9.18 Å². The Bertz CT molecular complexity index is 896. The maximum absolute atomic E-state index is 14.4. The van der Waals surface area contributed by atoms with Gasteiger partial charge in [-0.3, -0.25) is 0 Å². The topological polar surface area (TPSA) is 54.1 Å². The molecule has 0 aliphatic rings. The second-order valence-electron chi connectivity index (χ2n) is 6.89. The molecule has 25 heavy (non-hydrogen) atoms. The lowest BCUT2D eigenvalue weighted by atomic mass is 9.98. The van der Waals surface area contributed by atoms with Crippen molar-refractivity contribution in [3.63, 3.8) is 0 Å². The Labute approximate surface area is 146 Å². The molecule has 0 aliphatic carbocycles. The number of carbonyl (C=O) groups is 1. The van der Waals surface area contributed by atoms with Crippen LogP contribution in [0.4, 0.5) is 9.18 Å². The zero-order chi connectivity index (χ0) is 18.0. The van der Waals surface area contributed by atoms with Crippen LogP contribution in [0.1, 0.15) is 37.9 Å². The smallest absolute Gasteiger partial charge is 0.408 e. The quantitative estimate of drug-likeness (QED) is 0.711. The van der Waals surface area contributed by atoms with Crippen LogP contribution in [0.15, 0.2) is 54.7 Å². The fourth-order valence-electron chi connectivity index (χ4n) is 2.79. The molecule has 0 bridgehead atoms. The zero-order valence-electron chi connectivity index (χ0n) is 14.5. The third-order valence-corrected chi connectivity index (χ3v) is 3.81. The number of aromatic amines is 1. The summed E-state index contributed by atoms with van der Waals surface area (Å²) in [6.07, 6.45) is 1.20. The number of halogens is 1. The summed E-state index contributed by atoms with van der Waals surface area (Å²) in [5, 5.41) is 3.73. The van der Waals surface area contributed by atoms with Crippen LogP contribution in [-0.2, 0) is 4.74 Å². The van der Waals surface area contributed by atoms with E-state index in [9.17, 15) is 9.18 Å². The molecule has 0 radical (unpaired) electrons. The predicted molar refractivity (Wildman–Crippen MR) is 95.9 cm³/mol. The van der Waals surface area contributed by atoms with E-state index < -0.39 is 17.7 Å². The number of hydrogen-bond acceptors (Lipinski definition) is 2. The summed E-state index contributed by atoms with van der Waals surface area (Å²) in [6.45, 7) is 5.36. The molecule has 0 spiro atoms. The number of carbonyl (C=O) groups excluding carboxylic acids is 1. The first-order chi connectivity index (χ1) is 11.8. The number of aromatic nitrogens is 1. The molecule has 1 atom stereocenters. The van der Waals surface area contributed by atoms with Gasteiger partial charge in [0, 0.05) is 28.2 Å². The molecule has 1 heterocycles. The average molecular weight is 340 g/mol. The van der Waals surface area contributed by atoms with Crippen molar-refractivity contribution in [3.8, 4) is 0 Å². The van der Waals surface area contributed by atoms with Crippen LogP contribution >= 0.6 is 0 Å². The average Bonchev–Trinajstić information content (AvgIpc) is 2.95. The molecule has 130 valence electrons. The Morgan fingerprint density at radius 2 is 1.76 bits per heavy atom. The van der Waals surface area contributed by atoms with Gasteiger partial charge >= 0.3 is 6.09 Å². The van der Waals surface area contributed by atoms with Crippen LogP contribution in [-0.4, -0.2) is 16.7 Å². The van der Waals surface area contributed by atoms with Crippen LogP contribution in [0.5, 0.6) is 0 Å². The summed E-state index contributed by atoms with van der Waals surface area (Å²) in [6, 6.07) is 13.5. The number of para-hydroxylation sites is 1. The van der Waals surface area contributed by atoms with Gasteiger partial charge in [0.2, 0.25) is 0 Å². The summed E-state index contributed by atoms with van der Waals surface area (Å²) in [4.78, 5) is 15.5. The lowest BCUT2D eigenvalue weighted by Crippen LogP contribution is -2.35. The van der Waals surface area contributed by atoms with Gasteiger partial charge < -0.3 is 15.0 Å².